The molecule has 0 bridgehead atoms. The molecule has 1 aliphatic rings. The van der Waals surface area contributed by atoms with Crippen molar-refractivity contribution in [1.29, 1.82) is 0 Å². The third-order valence-corrected chi connectivity index (χ3v) is 3.56. The second-order valence-corrected chi connectivity index (χ2v) is 4.76. The van der Waals surface area contributed by atoms with Gasteiger partial charge in [0.1, 0.15) is 0 Å². The molecule has 3 heteroatoms. The Morgan fingerprint density at radius 1 is 1.28 bits per heavy atom. The number of aromatic nitrogens is 1. The number of para-hydroxylation sites is 1. The Morgan fingerprint density at radius 2 is 2.11 bits per heavy atom. The molecule has 3 nitrogen and oxygen atoms in total. The van der Waals surface area contributed by atoms with Crippen molar-refractivity contribution in [3.05, 3.63) is 53.9 Å². The van der Waals surface area contributed by atoms with E-state index in [1.54, 1.807) is 0 Å². The zero-order valence-corrected chi connectivity index (χ0v) is 10.5. The largest absolute Gasteiger partial charge is 0.338 e. The van der Waals surface area contributed by atoms with E-state index in [9.17, 15) is 0 Å². The van der Waals surface area contributed by atoms with Crippen molar-refractivity contribution in [2.45, 2.75) is 25.9 Å². The van der Waals surface area contributed by atoms with Crippen LogP contribution in [0.15, 0.2) is 42.7 Å². The van der Waals surface area contributed by atoms with Gasteiger partial charge in [0.05, 0.1) is 0 Å². The maximum Gasteiger partial charge on any atom is 0.0489 e. The molecule has 1 unspecified atom stereocenters. The Morgan fingerprint density at radius 3 is 2.94 bits per heavy atom. The smallest absolute Gasteiger partial charge is 0.0489 e. The number of fused-ring (bicyclic) bond motifs is 1. The van der Waals surface area contributed by atoms with Crippen LogP contribution < -0.4 is 10.6 Å². The van der Waals surface area contributed by atoms with Gasteiger partial charge in [-0.3, -0.25) is 4.98 Å². The summed E-state index contributed by atoms with van der Waals surface area (Å²) >= 11 is 0. The lowest BCUT2D eigenvalue weighted by atomic mass is 10.1. The standard InChI is InChI=1S/C15H17N3/c1-11-8-12-4-2-3-5-14(12)18(11)15-6-7-17-10-13(15)9-16/h2-7,10-11H,8-9,16H2,1H3. The van der Waals surface area contributed by atoms with E-state index in [0.29, 0.717) is 12.6 Å². The summed E-state index contributed by atoms with van der Waals surface area (Å²) < 4.78 is 0. The van der Waals surface area contributed by atoms with Crippen LogP contribution in [0.25, 0.3) is 0 Å². The highest BCUT2D eigenvalue weighted by atomic mass is 15.2. The highest BCUT2D eigenvalue weighted by molar-refractivity contribution is 5.72. The number of pyridine rings is 1. The van der Waals surface area contributed by atoms with Crippen molar-refractivity contribution in [3.8, 4) is 0 Å². The Labute approximate surface area is 107 Å². The lowest BCUT2D eigenvalue weighted by Gasteiger charge is -2.27. The molecule has 2 aromatic rings. The number of benzene rings is 1. The SMILES string of the molecule is CC1Cc2ccccc2N1c1ccncc1CN. The summed E-state index contributed by atoms with van der Waals surface area (Å²) in [5.41, 5.74) is 10.8. The van der Waals surface area contributed by atoms with Gasteiger partial charge in [-0.25, -0.2) is 0 Å². The number of anilines is 2. The number of rotatable bonds is 2. The van der Waals surface area contributed by atoms with Crippen LogP contribution in [-0.4, -0.2) is 11.0 Å². The second-order valence-electron chi connectivity index (χ2n) is 4.76. The van der Waals surface area contributed by atoms with E-state index >= 15 is 0 Å². The molecule has 0 aliphatic carbocycles. The summed E-state index contributed by atoms with van der Waals surface area (Å²) in [4.78, 5) is 6.54. The number of hydrogen-bond donors (Lipinski definition) is 1. The monoisotopic (exact) mass is 239 g/mol. The molecule has 0 saturated heterocycles. The van der Waals surface area contributed by atoms with Crippen LogP contribution in [0.4, 0.5) is 11.4 Å². The highest BCUT2D eigenvalue weighted by Crippen LogP contribution is 2.39. The molecule has 1 aliphatic heterocycles. The van der Waals surface area contributed by atoms with Gasteiger partial charge >= 0.3 is 0 Å². The predicted molar refractivity (Wildman–Crippen MR) is 73.9 cm³/mol. The van der Waals surface area contributed by atoms with Gasteiger partial charge in [0, 0.05) is 41.9 Å². The van der Waals surface area contributed by atoms with Crippen LogP contribution in [0.1, 0.15) is 18.1 Å². The Bertz CT molecular complexity index is 565. The summed E-state index contributed by atoms with van der Waals surface area (Å²) in [7, 11) is 0. The molecule has 18 heavy (non-hydrogen) atoms. The van der Waals surface area contributed by atoms with Crippen LogP contribution in [0.5, 0.6) is 0 Å². The van der Waals surface area contributed by atoms with E-state index < -0.39 is 0 Å². The summed E-state index contributed by atoms with van der Waals surface area (Å²) in [5, 5.41) is 0. The fraction of sp³-hybridized carbons (Fsp3) is 0.267. The zero-order valence-electron chi connectivity index (χ0n) is 10.5. The first-order chi connectivity index (χ1) is 8.81. The summed E-state index contributed by atoms with van der Waals surface area (Å²) in [6.07, 6.45) is 4.79. The molecule has 2 N–H and O–H groups in total. The molecular weight excluding hydrogens is 222 g/mol. The van der Waals surface area contributed by atoms with Gasteiger partial charge in [-0.15, -0.1) is 0 Å². The van der Waals surface area contributed by atoms with Crippen LogP contribution in [-0.2, 0) is 13.0 Å². The van der Waals surface area contributed by atoms with Crippen LogP contribution >= 0.6 is 0 Å². The molecule has 0 radical (unpaired) electrons. The van der Waals surface area contributed by atoms with E-state index in [-0.39, 0.29) is 0 Å². The molecule has 1 aromatic carbocycles. The summed E-state index contributed by atoms with van der Waals surface area (Å²) in [6, 6.07) is 11.1. The topological polar surface area (TPSA) is 42.2 Å². The van der Waals surface area contributed by atoms with Crippen molar-refractivity contribution >= 4 is 11.4 Å². The molecule has 1 aromatic heterocycles. The first-order valence-corrected chi connectivity index (χ1v) is 6.31. The molecule has 1 atom stereocenters. The van der Waals surface area contributed by atoms with E-state index in [1.165, 1.54) is 16.9 Å². The average molecular weight is 239 g/mol. The molecule has 0 fully saturated rings. The zero-order chi connectivity index (χ0) is 12.5. The predicted octanol–water partition coefficient (Wildman–Crippen LogP) is 2.62. The van der Waals surface area contributed by atoms with E-state index in [2.05, 4.69) is 47.1 Å². The van der Waals surface area contributed by atoms with Gasteiger partial charge < -0.3 is 10.6 Å². The third kappa shape index (κ3) is 1.68. The van der Waals surface area contributed by atoms with Crippen LogP contribution in [0.2, 0.25) is 0 Å². The lowest BCUT2D eigenvalue weighted by Crippen LogP contribution is -2.25. The molecule has 0 spiro atoms. The quantitative estimate of drug-likeness (QED) is 0.876. The normalized spacial score (nSPS) is 17.9. The first-order valence-electron chi connectivity index (χ1n) is 6.31. The number of hydrogen-bond acceptors (Lipinski definition) is 3. The molecule has 0 saturated carbocycles. The Hall–Kier alpha value is -1.87. The number of nitrogens with two attached hydrogens (primary N) is 1. The molecular formula is C15H17N3. The van der Waals surface area contributed by atoms with Gasteiger partial charge in [-0.05, 0) is 31.0 Å². The molecule has 2 heterocycles. The van der Waals surface area contributed by atoms with E-state index in [0.717, 1.165) is 12.0 Å². The van der Waals surface area contributed by atoms with Gasteiger partial charge in [-0.1, -0.05) is 18.2 Å². The van der Waals surface area contributed by atoms with Crippen molar-refractivity contribution in [3.63, 3.8) is 0 Å². The average Bonchev–Trinajstić information content (AvgIpc) is 2.74. The van der Waals surface area contributed by atoms with Gasteiger partial charge in [-0.2, -0.15) is 0 Å². The van der Waals surface area contributed by atoms with Gasteiger partial charge in [0.2, 0.25) is 0 Å². The second kappa shape index (κ2) is 4.42. The van der Waals surface area contributed by atoms with Crippen molar-refractivity contribution in [2.24, 2.45) is 5.73 Å². The van der Waals surface area contributed by atoms with Crippen molar-refractivity contribution in [1.82, 2.24) is 4.98 Å². The van der Waals surface area contributed by atoms with Crippen molar-refractivity contribution in [2.75, 3.05) is 4.90 Å². The summed E-state index contributed by atoms with van der Waals surface area (Å²) in [6.45, 7) is 2.77. The maximum atomic E-state index is 5.82. The fourth-order valence-electron chi connectivity index (χ4n) is 2.74. The Balaban J connectivity index is 2.12. The van der Waals surface area contributed by atoms with Crippen molar-refractivity contribution < 1.29 is 0 Å². The number of nitrogens with zero attached hydrogens (tertiary/aromatic N) is 2. The van der Waals surface area contributed by atoms with Gasteiger partial charge in [0.15, 0.2) is 0 Å². The summed E-state index contributed by atoms with van der Waals surface area (Å²) in [5.74, 6) is 0. The fourth-order valence-corrected chi connectivity index (χ4v) is 2.74. The molecule has 92 valence electrons. The van der Waals surface area contributed by atoms with Crippen LogP contribution in [0.3, 0.4) is 0 Å². The third-order valence-electron chi connectivity index (χ3n) is 3.56. The molecule has 3 rings (SSSR count). The minimum absolute atomic E-state index is 0.468. The van der Waals surface area contributed by atoms with Gasteiger partial charge in [0.25, 0.3) is 0 Å². The van der Waals surface area contributed by atoms with E-state index in [4.69, 9.17) is 5.73 Å². The molecule has 0 amide bonds. The highest BCUT2D eigenvalue weighted by Gasteiger charge is 2.27. The van der Waals surface area contributed by atoms with E-state index in [1.807, 2.05) is 12.4 Å². The lowest BCUT2D eigenvalue weighted by molar-refractivity contribution is 0.754. The minimum Gasteiger partial charge on any atom is -0.338 e. The van der Waals surface area contributed by atoms with Crippen LogP contribution in [0, 0.1) is 0 Å². The minimum atomic E-state index is 0.468. The Kier molecular flexibility index (Phi) is 2.76. The first kappa shape index (κ1) is 11.2. The maximum absolute atomic E-state index is 5.82.